The van der Waals surface area contributed by atoms with E-state index >= 15 is 0 Å². The minimum Gasteiger partial charge on any atom is -0.504 e. The van der Waals surface area contributed by atoms with Crippen LogP contribution < -0.4 is 15.8 Å². The number of anilines is 1. The quantitative estimate of drug-likeness (QED) is 0.0575. The average molecular weight is 666 g/mol. The second kappa shape index (κ2) is 17.3. The summed E-state index contributed by atoms with van der Waals surface area (Å²) in [6, 6.07) is 28.7. The standard InChI is InChI=1S/C38H43N5O6/c1-2-42(40-26-28-18-19-34(44)35(45)24-28)37(47)31-15-11-14-30(25-31)36(46)27-39-20-23-49-38(48)43(41-21-9-4-10-22-41)33-17-8-7-16-32(33)29-12-5-3-6-13-29/h3,5-8,11-19,24-25,39-40,44-45H,2,4,9-10,20-23,26-27H2,1H3. The van der Waals surface area contributed by atoms with E-state index in [9.17, 15) is 24.6 Å². The smallest absolute Gasteiger partial charge is 0.429 e. The molecular formula is C38H43N5O6. The lowest BCUT2D eigenvalue weighted by Gasteiger charge is -2.37. The van der Waals surface area contributed by atoms with Crippen LogP contribution in [0.4, 0.5) is 10.5 Å². The predicted molar refractivity (Wildman–Crippen MR) is 188 cm³/mol. The van der Waals surface area contributed by atoms with Crippen LogP contribution in [0.25, 0.3) is 11.1 Å². The van der Waals surface area contributed by atoms with Gasteiger partial charge in [-0.05, 0) is 61.2 Å². The summed E-state index contributed by atoms with van der Waals surface area (Å²) in [5.41, 5.74) is 7.14. The maximum atomic E-state index is 13.6. The van der Waals surface area contributed by atoms with Gasteiger partial charge in [0.1, 0.15) is 6.61 Å². The van der Waals surface area contributed by atoms with E-state index in [0.29, 0.717) is 23.2 Å². The molecule has 0 radical (unpaired) electrons. The number of aromatic hydroxyl groups is 2. The number of carbonyl (C=O) groups is 3. The number of hydrogen-bond acceptors (Lipinski definition) is 9. The Kier molecular flexibility index (Phi) is 12.4. The molecule has 1 fully saturated rings. The SMILES string of the molecule is CCN(NCc1ccc(O)c(O)c1)C(=O)c1cccc(C(=O)CNCCOC(=O)N(c2ccccc2-c2ccccc2)N2CCCCC2)c1. The van der Waals surface area contributed by atoms with Gasteiger partial charge in [0.05, 0.1) is 12.2 Å². The maximum Gasteiger partial charge on any atom is 0.429 e. The summed E-state index contributed by atoms with van der Waals surface area (Å²) in [4.78, 5) is 39.8. The third-order valence-electron chi connectivity index (χ3n) is 8.30. The second-order valence-electron chi connectivity index (χ2n) is 11.7. The van der Waals surface area contributed by atoms with E-state index < -0.39 is 6.09 Å². The molecule has 1 aliphatic heterocycles. The Bertz CT molecular complexity index is 1730. The molecule has 1 heterocycles. The van der Waals surface area contributed by atoms with E-state index in [4.69, 9.17) is 4.74 Å². The zero-order valence-electron chi connectivity index (χ0n) is 27.7. The van der Waals surface area contributed by atoms with Gasteiger partial charge in [-0.25, -0.2) is 20.2 Å². The van der Waals surface area contributed by atoms with Crippen molar-refractivity contribution in [1.82, 2.24) is 20.8 Å². The van der Waals surface area contributed by atoms with Gasteiger partial charge >= 0.3 is 6.09 Å². The van der Waals surface area contributed by atoms with Gasteiger partial charge in [-0.3, -0.25) is 14.6 Å². The predicted octanol–water partition coefficient (Wildman–Crippen LogP) is 5.75. The summed E-state index contributed by atoms with van der Waals surface area (Å²) in [6.45, 7) is 4.26. The fourth-order valence-electron chi connectivity index (χ4n) is 5.71. The van der Waals surface area contributed by atoms with Gasteiger partial charge in [0.15, 0.2) is 17.3 Å². The Morgan fingerprint density at radius 2 is 1.55 bits per heavy atom. The van der Waals surface area contributed by atoms with E-state index in [-0.39, 0.29) is 49.4 Å². The summed E-state index contributed by atoms with van der Waals surface area (Å²) in [6.07, 6.45) is 2.63. The van der Waals surface area contributed by atoms with Crippen molar-refractivity contribution < 1.29 is 29.3 Å². The number of para-hydroxylation sites is 1. The van der Waals surface area contributed by atoms with Gasteiger partial charge in [-0.15, -0.1) is 0 Å². The number of ketones is 1. The molecule has 2 amide bonds. The molecule has 11 heteroatoms. The van der Waals surface area contributed by atoms with Crippen molar-refractivity contribution in [2.75, 3.05) is 44.3 Å². The van der Waals surface area contributed by atoms with Crippen molar-refractivity contribution >= 4 is 23.5 Å². The van der Waals surface area contributed by atoms with Crippen LogP contribution in [0.5, 0.6) is 11.5 Å². The van der Waals surface area contributed by atoms with Gasteiger partial charge in [-0.2, -0.15) is 0 Å². The first-order valence-electron chi connectivity index (χ1n) is 16.6. The largest absolute Gasteiger partial charge is 0.504 e. The zero-order chi connectivity index (χ0) is 34.6. The number of hydrogen-bond donors (Lipinski definition) is 4. The summed E-state index contributed by atoms with van der Waals surface area (Å²) in [7, 11) is 0. The molecule has 4 N–H and O–H groups in total. The molecule has 0 aliphatic carbocycles. The van der Waals surface area contributed by atoms with Crippen molar-refractivity contribution in [3.63, 3.8) is 0 Å². The summed E-state index contributed by atoms with van der Waals surface area (Å²) in [5.74, 6) is -0.976. The molecule has 4 aromatic carbocycles. The van der Waals surface area contributed by atoms with Crippen LogP contribution >= 0.6 is 0 Å². The molecule has 5 rings (SSSR count). The van der Waals surface area contributed by atoms with Crippen LogP contribution in [0.15, 0.2) is 97.1 Å². The molecule has 0 bridgehead atoms. The Morgan fingerprint density at radius 3 is 2.31 bits per heavy atom. The normalized spacial score (nSPS) is 13.1. The number of phenolic OH excluding ortho intramolecular Hbond substituents is 2. The lowest BCUT2D eigenvalue weighted by molar-refractivity contribution is 0.0665. The summed E-state index contributed by atoms with van der Waals surface area (Å²) in [5, 5.41) is 27.5. The summed E-state index contributed by atoms with van der Waals surface area (Å²) < 4.78 is 5.73. The number of nitrogens with one attached hydrogen (secondary N) is 2. The molecule has 11 nitrogen and oxygen atoms in total. The van der Waals surface area contributed by atoms with Crippen LogP contribution in [-0.2, 0) is 11.3 Å². The van der Waals surface area contributed by atoms with Gasteiger partial charge in [0.25, 0.3) is 5.91 Å². The summed E-state index contributed by atoms with van der Waals surface area (Å²) >= 11 is 0. The van der Waals surface area contributed by atoms with Crippen molar-refractivity contribution in [2.24, 2.45) is 0 Å². The number of nitrogens with zero attached hydrogens (tertiary/aromatic N) is 3. The van der Waals surface area contributed by atoms with E-state index in [1.165, 1.54) is 17.1 Å². The minimum absolute atomic E-state index is 0.00195. The van der Waals surface area contributed by atoms with Gasteiger partial charge in [0.2, 0.25) is 0 Å². The fourth-order valence-corrected chi connectivity index (χ4v) is 5.71. The number of ether oxygens (including phenoxy) is 1. The Morgan fingerprint density at radius 1 is 0.816 bits per heavy atom. The monoisotopic (exact) mass is 665 g/mol. The van der Waals surface area contributed by atoms with Crippen molar-refractivity contribution in [3.05, 3.63) is 114 Å². The third kappa shape index (κ3) is 9.23. The van der Waals surface area contributed by atoms with Crippen LogP contribution in [-0.4, -0.2) is 77.3 Å². The number of piperidine rings is 1. The molecule has 0 saturated carbocycles. The fraction of sp³-hybridized carbons (Fsp3) is 0.289. The second-order valence-corrected chi connectivity index (χ2v) is 11.7. The third-order valence-corrected chi connectivity index (χ3v) is 8.30. The molecule has 0 spiro atoms. The van der Waals surface area contributed by atoms with Crippen molar-refractivity contribution in [3.8, 4) is 22.6 Å². The van der Waals surface area contributed by atoms with Crippen LogP contribution in [0.2, 0.25) is 0 Å². The molecule has 256 valence electrons. The van der Waals surface area contributed by atoms with E-state index in [1.54, 1.807) is 35.3 Å². The van der Waals surface area contributed by atoms with Crippen LogP contribution in [0, 0.1) is 0 Å². The Labute approximate surface area is 286 Å². The molecule has 1 aliphatic rings. The van der Waals surface area contributed by atoms with Gasteiger partial charge in [0, 0.05) is 49.4 Å². The first kappa shape index (κ1) is 35.1. The minimum atomic E-state index is -0.471. The van der Waals surface area contributed by atoms with Gasteiger partial charge in [-0.1, -0.05) is 73.2 Å². The van der Waals surface area contributed by atoms with Crippen molar-refractivity contribution in [2.45, 2.75) is 32.7 Å². The number of Topliss-reactive ketones (excluding diaryl/α,β-unsaturated/α-hetero) is 1. The highest BCUT2D eigenvalue weighted by Gasteiger charge is 2.28. The number of amides is 2. The zero-order valence-corrected chi connectivity index (χ0v) is 27.7. The molecule has 0 aromatic heterocycles. The molecule has 0 unspecified atom stereocenters. The van der Waals surface area contributed by atoms with Crippen molar-refractivity contribution in [1.29, 1.82) is 0 Å². The lowest BCUT2D eigenvalue weighted by atomic mass is 10.0. The number of benzene rings is 4. The van der Waals surface area contributed by atoms with E-state index in [1.807, 2.05) is 66.5 Å². The van der Waals surface area contributed by atoms with Gasteiger partial charge < -0.3 is 20.3 Å². The molecule has 49 heavy (non-hydrogen) atoms. The lowest BCUT2D eigenvalue weighted by Crippen LogP contribution is -2.50. The first-order chi connectivity index (χ1) is 23.9. The van der Waals surface area contributed by atoms with E-state index in [2.05, 4.69) is 10.7 Å². The Balaban J connectivity index is 1.15. The number of hydrazine groups is 2. The average Bonchev–Trinajstić information content (AvgIpc) is 3.14. The van der Waals surface area contributed by atoms with Crippen LogP contribution in [0.3, 0.4) is 0 Å². The first-order valence-corrected chi connectivity index (χ1v) is 16.6. The number of carbonyl (C=O) groups excluding carboxylic acids is 3. The van der Waals surface area contributed by atoms with E-state index in [0.717, 1.165) is 49.2 Å². The number of phenols is 2. The Hall–Kier alpha value is -5.23. The van der Waals surface area contributed by atoms with Crippen LogP contribution in [0.1, 0.15) is 52.5 Å². The molecule has 1 saturated heterocycles. The maximum absolute atomic E-state index is 13.6. The molecule has 4 aromatic rings. The highest BCUT2D eigenvalue weighted by molar-refractivity contribution is 6.01. The molecular weight excluding hydrogens is 622 g/mol. The topological polar surface area (TPSA) is 135 Å². The number of rotatable bonds is 14. The highest BCUT2D eigenvalue weighted by atomic mass is 16.6. The molecule has 0 atom stereocenters. The highest BCUT2D eigenvalue weighted by Crippen LogP contribution is 2.33.